The molecule has 0 saturated carbocycles. The van der Waals surface area contributed by atoms with Gasteiger partial charge in [0, 0.05) is 14.1 Å². The lowest BCUT2D eigenvalue weighted by molar-refractivity contribution is 0.409. The van der Waals surface area contributed by atoms with Crippen LogP contribution in [0.4, 0.5) is 5.95 Å². The molecule has 0 unspecified atom stereocenters. The van der Waals surface area contributed by atoms with E-state index in [0.29, 0.717) is 17.8 Å². The van der Waals surface area contributed by atoms with Gasteiger partial charge >= 0.3 is 0 Å². The molecule has 13 heavy (non-hydrogen) atoms. The summed E-state index contributed by atoms with van der Waals surface area (Å²) < 4.78 is 4.99. The zero-order valence-corrected chi connectivity index (χ0v) is 8.48. The molecule has 0 spiro atoms. The minimum absolute atomic E-state index is 0.495. The maximum absolute atomic E-state index is 4.99. The smallest absolute Gasteiger partial charge is 0.265 e. The third-order valence-corrected chi connectivity index (χ3v) is 1.45. The number of rotatable bonds is 3. The summed E-state index contributed by atoms with van der Waals surface area (Å²) in [7, 11) is 3.75. The van der Waals surface area contributed by atoms with E-state index in [0.717, 1.165) is 0 Å². The summed E-state index contributed by atoms with van der Waals surface area (Å²) in [4.78, 5) is 5.94. The first kappa shape index (κ1) is 9.77. The maximum Gasteiger partial charge on any atom is 0.265 e. The Morgan fingerprint density at radius 3 is 2.54 bits per heavy atom. The Bertz CT molecular complexity index is 289. The van der Waals surface area contributed by atoms with Crippen LogP contribution >= 0.6 is 0 Å². The summed E-state index contributed by atoms with van der Waals surface area (Å²) in [5.41, 5.74) is 0. The minimum Gasteiger partial charge on any atom is -0.344 e. The second-order valence-corrected chi connectivity index (χ2v) is 3.43. The number of anilines is 1. The van der Waals surface area contributed by atoms with Crippen LogP contribution in [0.3, 0.4) is 0 Å². The Labute approximate surface area is 78.2 Å². The lowest BCUT2D eigenvalue weighted by atomic mass is 10.2. The Hall–Kier alpha value is -1.32. The number of nitrogens with zero attached hydrogens (tertiary/aromatic N) is 3. The summed E-state index contributed by atoms with van der Waals surface area (Å²) in [5, 5.41) is 3.78. The quantitative estimate of drug-likeness (QED) is 0.713. The zero-order chi connectivity index (χ0) is 9.84. The van der Waals surface area contributed by atoms with Crippen LogP contribution in [0.2, 0.25) is 0 Å². The summed E-state index contributed by atoms with van der Waals surface area (Å²) in [5.74, 6) is 1.65. The van der Waals surface area contributed by atoms with E-state index in [2.05, 4.69) is 24.0 Å². The lowest BCUT2D eigenvalue weighted by Crippen LogP contribution is -2.10. The summed E-state index contributed by atoms with van der Waals surface area (Å²) >= 11 is 0. The third kappa shape index (κ3) is 2.89. The van der Waals surface area contributed by atoms with Crippen molar-refractivity contribution in [3.63, 3.8) is 0 Å². The van der Waals surface area contributed by atoms with Crippen LogP contribution in [0, 0.1) is 5.92 Å². The van der Waals surface area contributed by atoms with Crippen molar-refractivity contribution in [3.8, 4) is 0 Å². The van der Waals surface area contributed by atoms with Gasteiger partial charge in [-0.2, -0.15) is 4.98 Å². The lowest BCUT2D eigenvalue weighted by Gasteiger charge is -2.01. The number of allylic oxidation sites excluding steroid dienone is 1. The van der Waals surface area contributed by atoms with Crippen molar-refractivity contribution in [2.45, 2.75) is 13.8 Å². The molecule has 0 aliphatic rings. The number of hydrogen-bond acceptors (Lipinski definition) is 4. The fraction of sp³-hybridized carbons (Fsp3) is 0.556. The molecule has 4 heteroatoms. The molecule has 0 aliphatic heterocycles. The predicted molar refractivity (Wildman–Crippen MR) is 52.5 cm³/mol. The van der Waals surface area contributed by atoms with Crippen LogP contribution in [-0.2, 0) is 0 Å². The first-order chi connectivity index (χ1) is 6.09. The third-order valence-electron chi connectivity index (χ3n) is 1.45. The van der Waals surface area contributed by atoms with Crippen LogP contribution in [0.25, 0.3) is 6.08 Å². The first-order valence-corrected chi connectivity index (χ1v) is 4.29. The molecule has 0 saturated heterocycles. The second kappa shape index (κ2) is 4.07. The summed E-state index contributed by atoms with van der Waals surface area (Å²) in [6.07, 6.45) is 3.86. The van der Waals surface area contributed by atoms with Gasteiger partial charge in [0.25, 0.3) is 11.8 Å². The SMILES string of the molecule is CC(C)/C=C/c1nc(N(C)C)no1. The number of aromatic nitrogens is 2. The van der Waals surface area contributed by atoms with E-state index in [1.165, 1.54) is 0 Å². The topological polar surface area (TPSA) is 42.2 Å². The van der Waals surface area contributed by atoms with Gasteiger partial charge in [-0.05, 0) is 17.2 Å². The minimum atomic E-state index is 0.495. The summed E-state index contributed by atoms with van der Waals surface area (Å²) in [6, 6.07) is 0. The van der Waals surface area contributed by atoms with E-state index >= 15 is 0 Å². The van der Waals surface area contributed by atoms with Gasteiger partial charge in [-0.25, -0.2) is 0 Å². The van der Waals surface area contributed by atoms with Crippen molar-refractivity contribution in [1.29, 1.82) is 0 Å². The molecule has 1 heterocycles. The first-order valence-electron chi connectivity index (χ1n) is 4.29. The Kier molecular flexibility index (Phi) is 3.06. The van der Waals surface area contributed by atoms with Gasteiger partial charge in [0.05, 0.1) is 0 Å². The van der Waals surface area contributed by atoms with E-state index in [-0.39, 0.29) is 0 Å². The molecule has 72 valence electrons. The highest BCUT2D eigenvalue weighted by atomic mass is 16.5. The van der Waals surface area contributed by atoms with Crippen LogP contribution in [0.1, 0.15) is 19.7 Å². The van der Waals surface area contributed by atoms with Crippen molar-refractivity contribution in [3.05, 3.63) is 12.0 Å². The molecule has 1 aromatic rings. The molecule has 0 fully saturated rings. The van der Waals surface area contributed by atoms with Crippen molar-refractivity contribution in [2.75, 3.05) is 19.0 Å². The normalized spacial score (nSPS) is 11.5. The van der Waals surface area contributed by atoms with Crippen molar-refractivity contribution in [2.24, 2.45) is 5.92 Å². The average Bonchev–Trinajstić information content (AvgIpc) is 2.48. The highest BCUT2D eigenvalue weighted by molar-refractivity contribution is 5.40. The Morgan fingerprint density at radius 2 is 2.08 bits per heavy atom. The Balaban J connectivity index is 2.69. The second-order valence-electron chi connectivity index (χ2n) is 3.43. The molecule has 0 aromatic carbocycles. The van der Waals surface area contributed by atoms with Crippen LogP contribution in [0.15, 0.2) is 10.6 Å². The molecule has 1 aromatic heterocycles. The predicted octanol–water partition coefficient (Wildman–Crippen LogP) is 1.80. The molecule has 1 rings (SSSR count). The van der Waals surface area contributed by atoms with Crippen LogP contribution < -0.4 is 4.90 Å². The van der Waals surface area contributed by atoms with Crippen molar-refractivity contribution in [1.82, 2.24) is 10.1 Å². The van der Waals surface area contributed by atoms with Crippen molar-refractivity contribution < 1.29 is 4.52 Å². The molecule has 0 radical (unpaired) electrons. The highest BCUT2D eigenvalue weighted by Crippen LogP contribution is 2.07. The van der Waals surface area contributed by atoms with Gasteiger partial charge in [0.2, 0.25) is 0 Å². The maximum atomic E-state index is 4.99. The van der Waals surface area contributed by atoms with E-state index in [9.17, 15) is 0 Å². The highest BCUT2D eigenvalue weighted by Gasteiger charge is 2.03. The van der Waals surface area contributed by atoms with E-state index in [1.54, 1.807) is 4.90 Å². The van der Waals surface area contributed by atoms with Gasteiger partial charge in [0.15, 0.2) is 0 Å². The largest absolute Gasteiger partial charge is 0.344 e. The molecule has 0 bridgehead atoms. The average molecular weight is 181 g/mol. The molecule has 4 nitrogen and oxygen atoms in total. The fourth-order valence-corrected chi connectivity index (χ4v) is 0.751. The zero-order valence-electron chi connectivity index (χ0n) is 8.48. The van der Waals surface area contributed by atoms with Crippen LogP contribution in [0.5, 0.6) is 0 Å². The van der Waals surface area contributed by atoms with E-state index in [4.69, 9.17) is 4.52 Å². The molecule has 0 amide bonds. The van der Waals surface area contributed by atoms with Crippen molar-refractivity contribution >= 4 is 12.0 Å². The Morgan fingerprint density at radius 1 is 1.38 bits per heavy atom. The van der Waals surface area contributed by atoms with Gasteiger partial charge in [-0.1, -0.05) is 19.9 Å². The number of hydrogen-bond donors (Lipinski definition) is 0. The fourth-order valence-electron chi connectivity index (χ4n) is 0.751. The van der Waals surface area contributed by atoms with E-state index < -0.39 is 0 Å². The molecule has 0 aliphatic carbocycles. The van der Waals surface area contributed by atoms with Crippen LogP contribution in [-0.4, -0.2) is 24.2 Å². The molecule has 0 N–H and O–H groups in total. The molecule has 0 atom stereocenters. The van der Waals surface area contributed by atoms with Gasteiger partial charge in [0.1, 0.15) is 0 Å². The standard InChI is InChI=1S/C9H15N3O/c1-7(2)5-6-8-10-9(11-13-8)12(3)4/h5-7H,1-4H3/b6-5+. The summed E-state index contributed by atoms with van der Waals surface area (Å²) in [6.45, 7) is 4.19. The van der Waals surface area contributed by atoms with E-state index in [1.807, 2.05) is 26.2 Å². The monoisotopic (exact) mass is 181 g/mol. The molecular weight excluding hydrogens is 166 g/mol. The van der Waals surface area contributed by atoms with Gasteiger partial charge in [-0.3, -0.25) is 0 Å². The van der Waals surface area contributed by atoms with Gasteiger partial charge < -0.3 is 9.42 Å². The van der Waals surface area contributed by atoms with Gasteiger partial charge in [-0.15, -0.1) is 0 Å². The molecular formula is C9H15N3O.